The molecule has 0 aliphatic carbocycles. The Kier molecular flexibility index (Phi) is 15.2. The summed E-state index contributed by atoms with van der Waals surface area (Å²) in [6, 6.07) is 5.38. The quantitative estimate of drug-likeness (QED) is 0.237. The van der Waals surface area contributed by atoms with Gasteiger partial charge in [0.25, 0.3) is 0 Å². The van der Waals surface area contributed by atoms with Crippen LogP contribution >= 0.6 is 12.6 Å². The third-order valence-electron chi connectivity index (χ3n) is 3.58. The average molecular weight is 413 g/mol. The Morgan fingerprint density at radius 3 is 2.86 bits per heavy atom. The fraction of sp³-hybridized carbons (Fsp3) is 0.273. The summed E-state index contributed by atoms with van der Waals surface area (Å²) < 4.78 is 5.46. The molecule has 0 saturated carbocycles. The van der Waals surface area contributed by atoms with Crippen molar-refractivity contribution in [2.75, 3.05) is 19.0 Å². The van der Waals surface area contributed by atoms with E-state index in [4.69, 9.17) is 10.00 Å². The van der Waals surface area contributed by atoms with Gasteiger partial charge < -0.3 is 10.1 Å². The number of carbonyl (C=O) groups excluding carboxylic acids is 1. The standard InChI is InChI=1S/C13H17NO2S.C7H7N3.C2H4/c1-2-13-8-11(5-7-16-13)4-3-6-14-12(9-15)10-17;1-9-7-4-6(5-8)2-3-10-7;1-2/h2,4,6,9-10,17H,3,5,7-8H2,1H3;2-4H,1H3,(H,9,10);1-2H2/b11-4-,12-10-,13-2+,14-6?;;. The molecule has 0 atom stereocenters. The van der Waals surface area contributed by atoms with Gasteiger partial charge in [-0.3, -0.25) is 9.79 Å². The Morgan fingerprint density at radius 1 is 1.52 bits per heavy atom. The summed E-state index contributed by atoms with van der Waals surface area (Å²) in [4.78, 5) is 18.4. The van der Waals surface area contributed by atoms with Crippen LogP contribution in [0.3, 0.4) is 0 Å². The van der Waals surface area contributed by atoms with Gasteiger partial charge in [0.2, 0.25) is 0 Å². The number of hydrogen-bond acceptors (Lipinski definition) is 7. The van der Waals surface area contributed by atoms with Gasteiger partial charge in [0.1, 0.15) is 11.5 Å². The Hall–Kier alpha value is -3.11. The molecule has 0 unspecified atom stereocenters. The van der Waals surface area contributed by atoms with Gasteiger partial charge in [-0.05, 0) is 30.5 Å². The number of nitriles is 1. The minimum absolute atomic E-state index is 0.341. The van der Waals surface area contributed by atoms with E-state index in [0.717, 1.165) is 37.4 Å². The second-order valence-corrected chi connectivity index (χ2v) is 5.66. The van der Waals surface area contributed by atoms with Gasteiger partial charge in [-0.2, -0.15) is 5.26 Å². The molecule has 2 heterocycles. The predicted molar refractivity (Wildman–Crippen MR) is 123 cm³/mol. The van der Waals surface area contributed by atoms with Gasteiger partial charge in [-0.15, -0.1) is 25.8 Å². The number of ether oxygens (including phenoxy) is 1. The minimum Gasteiger partial charge on any atom is -0.498 e. The molecule has 0 bridgehead atoms. The fourth-order valence-corrected chi connectivity index (χ4v) is 2.27. The van der Waals surface area contributed by atoms with Crippen LogP contribution in [0.5, 0.6) is 0 Å². The molecule has 6 nitrogen and oxygen atoms in total. The van der Waals surface area contributed by atoms with Crippen LogP contribution in [0.2, 0.25) is 0 Å². The number of aliphatic imine (C=N–C) groups is 1. The zero-order valence-electron chi connectivity index (χ0n) is 17.0. The Morgan fingerprint density at radius 2 is 2.28 bits per heavy atom. The van der Waals surface area contributed by atoms with E-state index in [1.54, 1.807) is 31.6 Å². The third kappa shape index (κ3) is 11.4. The van der Waals surface area contributed by atoms with Crippen molar-refractivity contribution in [2.24, 2.45) is 4.99 Å². The van der Waals surface area contributed by atoms with Crippen molar-refractivity contribution in [3.63, 3.8) is 0 Å². The second kappa shape index (κ2) is 17.0. The number of pyridine rings is 1. The van der Waals surface area contributed by atoms with Gasteiger partial charge in [0, 0.05) is 38.7 Å². The molecule has 0 aromatic carbocycles. The van der Waals surface area contributed by atoms with Crippen LogP contribution in [0.15, 0.2) is 71.1 Å². The highest BCUT2D eigenvalue weighted by Gasteiger charge is 2.09. The molecule has 29 heavy (non-hydrogen) atoms. The topological polar surface area (TPSA) is 87.4 Å². The van der Waals surface area contributed by atoms with E-state index in [1.807, 2.05) is 19.1 Å². The highest BCUT2D eigenvalue weighted by atomic mass is 32.1. The normalized spacial score (nSPS) is 16.0. The number of rotatable bonds is 5. The number of carbonyl (C=O) groups is 1. The number of aromatic nitrogens is 1. The summed E-state index contributed by atoms with van der Waals surface area (Å²) in [6.45, 7) is 8.73. The van der Waals surface area contributed by atoms with Gasteiger partial charge >= 0.3 is 0 Å². The van der Waals surface area contributed by atoms with Crippen LogP contribution in [-0.4, -0.2) is 31.1 Å². The maximum absolute atomic E-state index is 10.4. The van der Waals surface area contributed by atoms with Gasteiger partial charge in [-0.1, -0.05) is 11.6 Å². The Balaban J connectivity index is 0.000000554. The second-order valence-electron chi connectivity index (χ2n) is 5.40. The average Bonchev–Trinajstić information content (AvgIpc) is 2.81. The van der Waals surface area contributed by atoms with Gasteiger partial charge in [0.15, 0.2) is 6.29 Å². The molecule has 1 aromatic rings. The van der Waals surface area contributed by atoms with Crippen LogP contribution in [-0.2, 0) is 9.53 Å². The van der Waals surface area contributed by atoms with Gasteiger partial charge in [0.05, 0.1) is 24.0 Å². The van der Waals surface area contributed by atoms with E-state index >= 15 is 0 Å². The van der Waals surface area contributed by atoms with Crippen molar-refractivity contribution >= 4 is 30.9 Å². The van der Waals surface area contributed by atoms with E-state index in [9.17, 15) is 4.79 Å². The molecule has 1 aliphatic heterocycles. The summed E-state index contributed by atoms with van der Waals surface area (Å²) in [5.74, 6) is 1.75. The van der Waals surface area contributed by atoms with Gasteiger partial charge in [-0.25, -0.2) is 4.98 Å². The largest absolute Gasteiger partial charge is 0.498 e. The minimum atomic E-state index is 0.341. The van der Waals surface area contributed by atoms with E-state index in [2.05, 4.69) is 47.2 Å². The number of nitrogens with one attached hydrogen (secondary N) is 1. The van der Waals surface area contributed by atoms with Crippen LogP contribution in [0, 0.1) is 11.3 Å². The number of anilines is 1. The molecule has 0 spiro atoms. The van der Waals surface area contributed by atoms with Crippen LogP contribution in [0.1, 0.15) is 31.7 Å². The van der Waals surface area contributed by atoms with Crippen molar-refractivity contribution in [2.45, 2.75) is 26.2 Å². The van der Waals surface area contributed by atoms with Crippen molar-refractivity contribution in [3.05, 3.63) is 71.6 Å². The SMILES string of the molecule is C/C=C1\C/C(=C\CC=N/C(C=O)=C\S)CCO1.C=C.CNc1cc(C#N)ccn1. The molecule has 1 aromatic heterocycles. The first kappa shape index (κ1) is 25.9. The van der Waals surface area contributed by atoms with Crippen LogP contribution in [0.25, 0.3) is 0 Å². The fourth-order valence-electron chi connectivity index (χ4n) is 2.14. The smallest absolute Gasteiger partial charge is 0.168 e. The first-order valence-electron chi connectivity index (χ1n) is 8.98. The molecule has 1 saturated heterocycles. The molecule has 0 amide bonds. The summed E-state index contributed by atoms with van der Waals surface area (Å²) >= 11 is 3.88. The lowest BCUT2D eigenvalue weighted by molar-refractivity contribution is -0.104. The monoisotopic (exact) mass is 412 g/mol. The van der Waals surface area contributed by atoms with Crippen LogP contribution < -0.4 is 5.32 Å². The zero-order valence-corrected chi connectivity index (χ0v) is 17.9. The lowest BCUT2D eigenvalue weighted by Crippen LogP contribution is -2.05. The number of aldehydes is 1. The highest BCUT2D eigenvalue weighted by molar-refractivity contribution is 7.83. The molecule has 0 radical (unpaired) electrons. The van der Waals surface area contributed by atoms with Crippen molar-refractivity contribution in [3.8, 4) is 6.07 Å². The number of nitrogens with zero attached hydrogens (tertiary/aromatic N) is 3. The first-order valence-corrected chi connectivity index (χ1v) is 9.50. The Labute approximate surface area is 178 Å². The number of thiol groups is 1. The lowest BCUT2D eigenvalue weighted by Gasteiger charge is -2.18. The molecule has 1 N–H and O–H groups in total. The number of hydrogen-bond donors (Lipinski definition) is 2. The van der Waals surface area contributed by atoms with E-state index in [1.165, 1.54) is 11.0 Å². The van der Waals surface area contributed by atoms with Crippen molar-refractivity contribution in [1.82, 2.24) is 4.98 Å². The third-order valence-corrected chi connectivity index (χ3v) is 3.85. The molecular weight excluding hydrogens is 384 g/mol. The highest BCUT2D eigenvalue weighted by Crippen LogP contribution is 2.22. The molecular formula is C22H28N4O2S. The van der Waals surface area contributed by atoms with E-state index in [0.29, 0.717) is 17.5 Å². The first-order chi connectivity index (χ1) is 14.2. The zero-order chi connectivity index (χ0) is 21.9. The molecule has 2 rings (SSSR count). The molecule has 7 heteroatoms. The maximum Gasteiger partial charge on any atom is 0.168 e. The molecule has 1 aliphatic rings. The van der Waals surface area contributed by atoms with E-state index in [-0.39, 0.29) is 0 Å². The molecule has 154 valence electrons. The lowest BCUT2D eigenvalue weighted by atomic mass is 10.0. The van der Waals surface area contributed by atoms with E-state index < -0.39 is 0 Å². The summed E-state index contributed by atoms with van der Waals surface area (Å²) in [7, 11) is 1.77. The number of allylic oxidation sites excluding steroid dienone is 4. The predicted octanol–water partition coefficient (Wildman–Crippen LogP) is 4.86. The summed E-state index contributed by atoms with van der Waals surface area (Å²) in [5, 5.41) is 12.7. The van der Waals surface area contributed by atoms with Crippen molar-refractivity contribution in [1.29, 1.82) is 5.26 Å². The van der Waals surface area contributed by atoms with Crippen LogP contribution in [0.4, 0.5) is 5.82 Å². The molecule has 1 fully saturated rings. The summed E-state index contributed by atoms with van der Waals surface area (Å²) in [5.41, 5.74) is 2.32. The summed E-state index contributed by atoms with van der Waals surface area (Å²) in [6.07, 6.45) is 10.7. The maximum atomic E-state index is 10.4. The Bertz CT molecular complexity index is 792. The van der Waals surface area contributed by atoms with Crippen molar-refractivity contribution < 1.29 is 9.53 Å².